The average Bonchev–Trinajstić information content (AvgIpc) is 3.17. The number of carbonyl (C=O) groups is 2. The number of hydrogen-bond acceptors (Lipinski definition) is 4. The lowest BCUT2D eigenvalue weighted by molar-refractivity contribution is -0.124. The molecule has 1 atom stereocenters. The number of hydrogen-bond donors (Lipinski definition) is 1. The van der Waals surface area contributed by atoms with E-state index in [1.54, 1.807) is 12.0 Å². The van der Waals surface area contributed by atoms with E-state index in [1.807, 2.05) is 50.2 Å². The SMILES string of the molecule is COc1ccc(CNC(=O)CN2C(=O)[C@H]3CCCC3=Nc3cc(C)c(C)cc32)cc1. The van der Waals surface area contributed by atoms with E-state index in [-0.39, 0.29) is 24.3 Å². The number of methoxy groups -OCH3 is 1. The lowest BCUT2D eigenvalue weighted by atomic mass is 10.0. The standard InChI is InChI=1S/C24H27N3O3/c1-15-11-21-22(12-16(15)2)27(24(29)19-5-4-6-20(19)26-21)14-23(28)25-13-17-7-9-18(30-3)10-8-17/h7-12,19H,4-6,13-14H2,1-3H3,(H,25,28)/t19-/m0/s1. The van der Waals surface area contributed by atoms with Crippen LogP contribution in [-0.4, -0.2) is 31.2 Å². The Labute approximate surface area is 176 Å². The smallest absolute Gasteiger partial charge is 0.240 e. The van der Waals surface area contributed by atoms with E-state index >= 15 is 0 Å². The Kier molecular flexibility index (Phi) is 5.57. The lowest BCUT2D eigenvalue weighted by Gasteiger charge is -2.25. The summed E-state index contributed by atoms with van der Waals surface area (Å²) in [6.45, 7) is 4.45. The number of rotatable bonds is 5. The molecule has 30 heavy (non-hydrogen) atoms. The van der Waals surface area contributed by atoms with Crippen molar-refractivity contribution in [2.24, 2.45) is 10.9 Å². The molecule has 1 saturated carbocycles. The molecule has 2 amide bonds. The second-order valence-corrected chi connectivity index (χ2v) is 8.02. The summed E-state index contributed by atoms with van der Waals surface area (Å²) < 4.78 is 5.16. The molecule has 0 unspecified atom stereocenters. The van der Waals surface area contributed by atoms with Crippen LogP contribution >= 0.6 is 0 Å². The lowest BCUT2D eigenvalue weighted by Crippen LogP contribution is -2.43. The van der Waals surface area contributed by atoms with E-state index in [0.29, 0.717) is 6.54 Å². The molecule has 6 heteroatoms. The number of anilines is 1. The minimum atomic E-state index is -0.215. The zero-order valence-corrected chi connectivity index (χ0v) is 17.7. The van der Waals surface area contributed by atoms with Gasteiger partial charge in [-0.3, -0.25) is 14.6 Å². The number of amides is 2. The maximum absolute atomic E-state index is 13.3. The minimum absolute atomic E-state index is 0.0101. The third-order valence-corrected chi connectivity index (χ3v) is 5.99. The van der Waals surface area contributed by atoms with Crippen molar-refractivity contribution >= 4 is 28.9 Å². The van der Waals surface area contributed by atoms with Crippen LogP contribution in [0, 0.1) is 19.8 Å². The number of aryl methyl sites for hydroxylation is 2. The fourth-order valence-corrected chi connectivity index (χ4v) is 4.09. The number of carbonyl (C=O) groups excluding carboxylic acids is 2. The van der Waals surface area contributed by atoms with Gasteiger partial charge in [0.25, 0.3) is 0 Å². The quantitative estimate of drug-likeness (QED) is 0.821. The van der Waals surface area contributed by atoms with Crippen molar-refractivity contribution in [2.45, 2.75) is 39.7 Å². The van der Waals surface area contributed by atoms with Crippen molar-refractivity contribution in [3.63, 3.8) is 0 Å². The molecule has 2 aromatic carbocycles. The van der Waals surface area contributed by atoms with Crippen LogP contribution in [0.5, 0.6) is 5.75 Å². The Morgan fingerprint density at radius 1 is 1.20 bits per heavy atom. The third-order valence-electron chi connectivity index (χ3n) is 5.99. The second-order valence-electron chi connectivity index (χ2n) is 8.02. The van der Waals surface area contributed by atoms with Gasteiger partial charge in [-0.05, 0) is 74.1 Å². The van der Waals surface area contributed by atoms with Gasteiger partial charge >= 0.3 is 0 Å². The zero-order valence-electron chi connectivity index (χ0n) is 17.7. The first-order chi connectivity index (χ1) is 14.5. The van der Waals surface area contributed by atoms with Gasteiger partial charge in [0.15, 0.2) is 0 Å². The van der Waals surface area contributed by atoms with Crippen LogP contribution in [-0.2, 0) is 16.1 Å². The molecule has 2 aromatic rings. The van der Waals surface area contributed by atoms with Gasteiger partial charge < -0.3 is 15.0 Å². The summed E-state index contributed by atoms with van der Waals surface area (Å²) in [5.74, 6) is 0.347. The summed E-state index contributed by atoms with van der Waals surface area (Å²) in [6, 6.07) is 11.5. The molecule has 1 N–H and O–H groups in total. The Morgan fingerprint density at radius 3 is 2.67 bits per heavy atom. The molecule has 0 bridgehead atoms. The van der Waals surface area contributed by atoms with Gasteiger partial charge in [-0.15, -0.1) is 0 Å². The molecule has 0 radical (unpaired) electrons. The molecular weight excluding hydrogens is 378 g/mol. The first-order valence-electron chi connectivity index (χ1n) is 10.4. The van der Waals surface area contributed by atoms with E-state index in [2.05, 4.69) is 5.32 Å². The van der Waals surface area contributed by atoms with Crippen molar-refractivity contribution in [3.05, 3.63) is 53.1 Å². The third kappa shape index (κ3) is 3.95. The Balaban J connectivity index is 1.54. The van der Waals surface area contributed by atoms with Crippen LogP contribution in [0.15, 0.2) is 41.4 Å². The summed E-state index contributed by atoms with van der Waals surface area (Å²) >= 11 is 0. The van der Waals surface area contributed by atoms with Crippen molar-refractivity contribution in [3.8, 4) is 5.75 Å². The predicted molar refractivity (Wildman–Crippen MR) is 118 cm³/mol. The number of aliphatic imine (C=N–C) groups is 1. The fraction of sp³-hybridized carbons (Fsp3) is 0.375. The molecule has 1 heterocycles. The number of fused-ring (bicyclic) bond motifs is 2. The highest BCUT2D eigenvalue weighted by Crippen LogP contribution is 2.39. The van der Waals surface area contributed by atoms with E-state index in [9.17, 15) is 9.59 Å². The van der Waals surface area contributed by atoms with Gasteiger partial charge in [0.1, 0.15) is 12.3 Å². The molecule has 1 aliphatic heterocycles. The van der Waals surface area contributed by atoms with Crippen LogP contribution < -0.4 is 15.0 Å². The molecule has 0 aromatic heterocycles. The normalized spacial score (nSPS) is 17.7. The minimum Gasteiger partial charge on any atom is -0.497 e. The van der Waals surface area contributed by atoms with Crippen LogP contribution in [0.4, 0.5) is 11.4 Å². The molecular formula is C24H27N3O3. The maximum Gasteiger partial charge on any atom is 0.240 e. The van der Waals surface area contributed by atoms with Crippen molar-refractivity contribution in [1.29, 1.82) is 0 Å². The number of nitrogens with zero attached hydrogens (tertiary/aromatic N) is 2. The summed E-state index contributed by atoms with van der Waals surface area (Å²) in [7, 11) is 1.62. The topological polar surface area (TPSA) is 71.0 Å². The molecule has 1 aliphatic carbocycles. The molecule has 0 spiro atoms. The molecule has 4 rings (SSSR count). The first kappa shape index (κ1) is 20.1. The fourth-order valence-electron chi connectivity index (χ4n) is 4.09. The zero-order chi connectivity index (χ0) is 21.3. The Hall–Kier alpha value is -3.15. The monoisotopic (exact) mass is 405 g/mol. The predicted octanol–water partition coefficient (Wildman–Crippen LogP) is 3.85. The van der Waals surface area contributed by atoms with Gasteiger partial charge in [-0.1, -0.05) is 12.1 Å². The van der Waals surface area contributed by atoms with Gasteiger partial charge in [0.05, 0.1) is 24.4 Å². The van der Waals surface area contributed by atoms with Gasteiger partial charge in [-0.25, -0.2) is 0 Å². The van der Waals surface area contributed by atoms with Crippen LogP contribution in [0.25, 0.3) is 0 Å². The number of nitrogens with one attached hydrogen (secondary N) is 1. The van der Waals surface area contributed by atoms with E-state index in [4.69, 9.17) is 9.73 Å². The number of benzene rings is 2. The first-order valence-corrected chi connectivity index (χ1v) is 10.4. The van der Waals surface area contributed by atoms with Crippen LogP contribution in [0.2, 0.25) is 0 Å². The molecule has 0 saturated heterocycles. The molecule has 156 valence electrons. The van der Waals surface area contributed by atoms with Crippen LogP contribution in [0.3, 0.4) is 0 Å². The molecule has 2 aliphatic rings. The van der Waals surface area contributed by atoms with Crippen LogP contribution in [0.1, 0.15) is 36.0 Å². The summed E-state index contributed by atoms with van der Waals surface area (Å²) in [5.41, 5.74) is 5.65. The van der Waals surface area contributed by atoms with Crippen molar-refractivity contribution in [2.75, 3.05) is 18.6 Å². The Morgan fingerprint density at radius 2 is 1.93 bits per heavy atom. The van der Waals surface area contributed by atoms with Crippen molar-refractivity contribution < 1.29 is 14.3 Å². The van der Waals surface area contributed by atoms with Gasteiger partial charge in [0.2, 0.25) is 11.8 Å². The average molecular weight is 405 g/mol. The van der Waals surface area contributed by atoms with E-state index < -0.39 is 0 Å². The van der Waals surface area contributed by atoms with E-state index in [0.717, 1.165) is 58.8 Å². The second kappa shape index (κ2) is 8.30. The highest BCUT2D eigenvalue weighted by atomic mass is 16.5. The summed E-state index contributed by atoms with van der Waals surface area (Å²) in [5, 5.41) is 2.93. The van der Waals surface area contributed by atoms with Gasteiger partial charge in [0, 0.05) is 12.3 Å². The van der Waals surface area contributed by atoms with Gasteiger partial charge in [-0.2, -0.15) is 0 Å². The highest BCUT2D eigenvalue weighted by Gasteiger charge is 2.37. The largest absolute Gasteiger partial charge is 0.497 e. The maximum atomic E-state index is 13.3. The summed E-state index contributed by atoms with van der Waals surface area (Å²) in [6.07, 6.45) is 2.61. The highest BCUT2D eigenvalue weighted by molar-refractivity contribution is 6.16. The molecule has 1 fully saturated rings. The molecule has 6 nitrogen and oxygen atoms in total. The summed E-state index contributed by atoms with van der Waals surface area (Å²) in [4.78, 5) is 32.5. The van der Waals surface area contributed by atoms with E-state index in [1.165, 1.54) is 0 Å². The van der Waals surface area contributed by atoms with Crippen molar-refractivity contribution in [1.82, 2.24) is 5.32 Å². The number of ether oxygens (including phenoxy) is 1. The Bertz CT molecular complexity index is 1010.